The van der Waals surface area contributed by atoms with Crippen LogP contribution < -0.4 is 0 Å². The van der Waals surface area contributed by atoms with E-state index >= 15 is 0 Å². The molecular formula is C11H17BrN2O3S2. The van der Waals surface area contributed by atoms with Gasteiger partial charge in [0, 0.05) is 26.2 Å². The summed E-state index contributed by atoms with van der Waals surface area (Å²) >= 11 is 4.53. The first-order valence-corrected chi connectivity index (χ1v) is 9.17. The molecule has 0 aliphatic carbocycles. The van der Waals surface area contributed by atoms with Gasteiger partial charge in [-0.2, -0.15) is 4.31 Å². The third-order valence-corrected chi connectivity index (χ3v) is 7.10. The lowest BCUT2D eigenvalue weighted by Gasteiger charge is -2.20. The molecule has 108 valence electrons. The van der Waals surface area contributed by atoms with E-state index in [0.29, 0.717) is 30.4 Å². The molecule has 1 fully saturated rings. The largest absolute Gasteiger partial charge is 0.395 e. The van der Waals surface area contributed by atoms with E-state index in [1.54, 1.807) is 16.4 Å². The van der Waals surface area contributed by atoms with Crippen molar-refractivity contribution in [3.63, 3.8) is 0 Å². The molecule has 1 aliphatic heterocycles. The van der Waals surface area contributed by atoms with Crippen molar-refractivity contribution in [2.75, 3.05) is 39.3 Å². The average molecular weight is 369 g/mol. The van der Waals surface area contributed by atoms with Gasteiger partial charge in [0.25, 0.3) is 10.0 Å². The second-order valence-electron chi connectivity index (χ2n) is 4.38. The Kier molecular flexibility index (Phi) is 5.38. The van der Waals surface area contributed by atoms with Crippen LogP contribution >= 0.6 is 27.3 Å². The van der Waals surface area contributed by atoms with Gasteiger partial charge in [-0.1, -0.05) is 0 Å². The quantitative estimate of drug-likeness (QED) is 0.867. The second-order valence-corrected chi connectivity index (χ2v) is 9.01. The lowest BCUT2D eigenvalue weighted by molar-refractivity contribution is 0.202. The number of aliphatic hydroxyl groups is 1. The van der Waals surface area contributed by atoms with E-state index in [2.05, 4.69) is 20.8 Å². The van der Waals surface area contributed by atoms with Gasteiger partial charge in [-0.25, -0.2) is 8.42 Å². The van der Waals surface area contributed by atoms with E-state index in [4.69, 9.17) is 5.11 Å². The number of hydrogen-bond acceptors (Lipinski definition) is 5. The highest BCUT2D eigenvalue weighted by molar-refractivity contribution is 9.11. The van der Waals surface area contributed by atoms with E-state index in [-0.39, 0.29) is 6.61 Å². The summed E-state index contributed by atoms with van der Waals surface area (Å²) in [7, 11) is -3.37. The number of halogens is 1. The summed E-state index contributed by atoms with van der Waals surface area (Å²) < 4.78 is 27.7. The summed E-state index contributed by atoms with van der Waals surface area (Å²) in [6, 6.07) is 3.40. The summed E-state index contributed by atoms with van der Waals surface area (Å²) in [6.07, 6.45) is 0.797. The first-order chi connectivity index (χ1) is 9.04. The van der Waals surface area contributed by atoms with E-state index in [1.807, 2.05) is 0 Å². The smallest absolute Gasteiger partial charge is 0.252 e. The van der Waals surface area contributed by atoms with Gasteiger partial charge >= 0.3 is 0 Å². The van der Waals surface area contributed by atoms with Crippen LogP contribution in [0.3, 0.4) is 0 Å². The van der Waals surface area contributed by atoms with Crippen molar-refractivity contribution in [2.24, 2.45) is 0 Å². The molecule has 1 N–H and O–H groups in total. The molecular weight excluding hydrogens is 352 g/mol. The van der Waals surface area contributed by atoms with Crippen molar-refractivity contribution in [2.45, 2.75) is 10.6 Å². The van der Waals surface area contributed by atoms with E-state index in [9.17, 15) is 8.42 Å². The Morgan fingerprint density at radius 1 is 1.26 bits per heavy atom. The number of nitrogens with zero attached hydrogens (tertiary/aromatic N) is 2. The molecule has 0 spiro atoms. The van der Waals surface area contributed by atoms with Gasteiger partial charge in [0.1, 0.15) is 4.21 Å². The molecule has 2 rings (SSSR count). The Balaban J connectivity index is 2.09. The molecule has 0 radical (unpaired) electrons. The Hall–Kier alpha value is 0.01000. The van der Waals surface area contributed by atoms with Crippen LogP contribution in [-0.2, 0) is 10.0 Å². The van der Waals surface area contributed by atoms with Crippen LogP contribution in [0.1, 0.15) is 6.42 Å². The number of hydrogen-bond donors (Lipinski definition) is 1. The monoisotopic (exact) mass is 368 g/mol. The number of sulfonamides is 1. The van der Waals surface area contributed by atoms with Gasteiger partial charge in [0.2, 0.25) is 0 Å². The Morgan fingerprint density at radius 2 is 2.05 bits per heavy atom. The molecule has 0 bridgehead atoms. The molecule has 2 heterocycles. The van der Waals surface area contributed by atoms with E-state index in [0.717, 1.165) is 16.8 Å². The average Bonchev–Trinajstić information content (AvgIpc) is 2.66. The maximum atomic E-state index is 12.5. The third kappa shape index (κ3) is 3.77. The maximum absolute atomic E-state index is 12.5. The Bertz CT molecular complexity index is 518. The van der Waals surface area contributed by atoms with Gasteiger partial charge in [0.05, 0.1) is 10.4 Å². The molecule has 1 aliphatic rings. The Labute approximate surface area is 126 Å². The first-order valence-electron chi connectivity index (χ1n) is 6.13. The van der Waals surface area contributed by atoms with Crippen LogP contribution in [0.4, 0.5) is 0 Å². The van der Waals surface area contributed by atoms with E-state index < -0.39 is 10.0 Å². The van der Waals surface area contributed by atoms with Crippen LogP contribution in [0.15, 0.2) is 20.1 Å². The summed E-state index contributed by atoms with van der Waals surface area (Å²) in [4.78, 5) is 2.10. The number of rotatable bonds is 4. The molecule has 0 aromatic carbocycles. The molecule has 1 saturated heterocycles. The predicted molar refractivity (Wildman–Crippen MR) is 78.9 cm³/mol. The van der Waals surface area contributed by atoms with Crippen LogP contribution in [-0.4, -0.2) is 62.1 Å². The topological polar surface area (TPSA) is 60.9 Å². The molecule has 0 unspecified atom stereocenters. The maximum Gasteiger partial charge on any atom is 0.252 e. The number of thiophene rings is 1. The predicted octanol–water partition coefficient (Wildman–Crippen LogP) is 1.20. The van der Waals surface area contributed by atoms with Crippen molar-refractivity contribution in [1.82, 2.24) is 9.21 Å². The summed E-state index contributed by atoms with van der Waals surface area (Å²) in [5, 5.41) is 8.94. The summed E-state index contributed by atoms with van der Waals surface area (Å²) in [5.41, 5.74) is 0. The van der Waals surface area contributed by atoms with E-state index in [1.165, 1.54) is 11.3 Å². The van der Waals surface area contributed by atoms with Crippen molar-refractivity contribution >= 4 is 37.3 Å². The lowest BCUT2D eigenvalue weighted by Crippen LogP contribution is -2.35. The standard InChI is InChI=1S/C11H17BrN2O3S2/c12-10-2-3-11(18-10)19(16,17)14-5-1-4-13(6-7-14)8-9-15/h2-3,15H,1,4-9H2. The van der Waals surface area contributed by atoms with Crippen LogP contribution in [0.25, 0.3) is 0 Å². The number of β-amino-alcohol motifs (C(OH)–C–C–N with tert-alkyl or cyclic N) is 1. The van der Waals surface area contributed by atoms with Crippen LogP contribution in [0.5, 0.6) is 0 Å². The van der Waals surface area contributed by atoms with Gasteiger partial charge in [-0.05, 0) is 41.0 Å². The van der Waals surface area contributed by atoms with Gasteiger partial charge in [-0.3, -0.25) is 4.90 Å². The first kappa shape index (κ1) is 15.4. The highest BCUT2D eigenvalue weighted by atomic mass is 79.9. The van der Waals surface area contributed by atoms with Gasteiger partial charge in [-0.15, -0.1) is 11.3 Å². The van der Waals surface area contributed by atoms with Crippen molar-refractivity contribution < 1.29 is 13.5 Å². The summed E-state index contributed by atoms with van der Waals surface area (Å²) in [6.45, 7) is 3.26. The van der Waals surface area contributed by atoms with Crippen molar-refractivity contribution in [1.29, 1.82) is 0 Å². The molecule has 0 saturated carbocycles. The minimum Gasteiger partial charge on any atom is -0.395 e. The fourth-order valence-electron chi connectivity index (χ4n) is 2.12. The molecule has 1 aromatic rings. The Morgan fingerprint density at radius 3 is 2.68 bits per heavy atom. The lowest BCUT2D eigenvalue weighted by atomic mass is 10.4. The van der Waals surface area contributed by atoms with Crippen LogP contribution in [0, 0.1) is 0 Å². The van der Waals surface area contributed by atoms with Gasteiger partial charge in [0.15, 0.2) is 0 Å². The normalized spacial score (nSPS) is 19.5. The fraction of sp³-hybridized carbons (Fsp3) is 0.636. The highest BCUT2D eigenvalue weighted by Crippen LogP contribution is 2.28. The minimum absolute atomic E-state index is 0.116. The zero-order chi connectivity index (χ0) is 13.9. The minimum atomic E-state index is -3.37. The highest BCUT2D eigenvalue weighted by Gasteiger charge is 2.27. The van der Waals surface area contributed by atoms with Crippen molar-refractivity contribution in [3.8, 4) is 0 Å². The molecule has 5 nitrogen and oxygen atoms in total. The number of aliphatic hydroxyl groups excluding tert-OH is 1. The SMILES string of the molecule is O=S(=O)(c1ccc(Br)s1)N1CCCN(CCO)CC1. The van der Waals surface area contributed by atoms with Gasteiger partial charge < -0.3 is 5.11 Å². The third-order valence-electron chi connectivity index (χ3n) is 3.11. The summed E-state index contributed by atoms with van der Waals surface area (Å²) in [5.74, 6) is 0. The zero-order valence-corrected chi connectivity index (χ0v) is 13.7. The molecule has 1 aromatic heterocycles. The fourth-order valence-corrected chi connectivity index (χ4v) is 5.75. The molecule has 8 heteroatoms. The molecule has 19 heavy (non-hydrogen) atoms. The second kappa shape index (κ2) is 6.64. The molecule has 0 atom stereocenters. The molecule has 0 amide bonds. The van der Waals surface area contributed by atoms with Crippen molar-refractivity contribution in [3.05, 3.63) is 15.9 Å². The van der Waals surface area contributed by atoms with Crippen LogP contribution in [0.2, 0.25) is 0 Å². The zero-order valence-electron chi connectivity index (χ0n) is 10.5.